The summed E-state index contributed by atoms with van der Waals surface area (Å²) in [5.41, 5.74) is 0.620. The summed E-state index contributed by atoms with van der Waals surface area (Å²) in [6.07, 6.45) is 2.41. The van der Waals surface area contributed by atoms with Crippen LogP contribution in [0.4, 0.5) is 5.69 Å². The molecule has 1 aliphatic heterocycles. The number of nitrogens with one attached hydrogen (secondary N) is 1. The SMILES string of the molecule is COc1ccc(Cl)cc1NC(=O)CN1CCC[C@H](C)C1. The van der Waals surface area contributed by atoms with E-state index in [1.807, 2.05) is 0 Å². The quantitative estimate of drug-likeness (QED) is 0.928. The van der Waals surface area contributed by atoms with Gasteiger partial charge in [0, 0.05) is 11.6 Å². The Morgan fingerprint density at radius 1 is 1.55 bits per heavy atom. The fourth-order valence-corrected chi connectivity index (χ4v) is 2.77. The van der Waals surface area contributed by atoms with Crippen molar-refractivity contribution >= 4 is 23.2 Å². The van der Waals surface area contributed by atoms with Crippen molar-refractivity contribution in [2.45, 2.75) is 19.8 Å². The van der Waals surface area contributed by atoms with E-state index < -0.39 is 0 Å². The molecule has 1 amide bonds. The second-order valence-corrected chi connectivity index (χ2v) is 5.81. The van der Waals surface area contributed by atoms with E-state index in [0.717, 1.165) is 19.5 Å². The minimum Gasteiger partial charge on any atom is -0.495 e. The summed E-state index contributed by atoms with van der Waals surface area (Å²) in [5, 5.41) is 3.45. The molecule has 1 saturated heterocycles. The third-order valence-electron chi connectivity index (χ3n) is 3.54. The van der Waals surface area contributed by atoms with Crippen LogP contribution in [0.15, 0.2) is 18.2 Å². The highest BCUT2D eigenvalue weighted by atomic mass is 35.5. The van der Waals surface area contributed by atoms with E-state index in [-0.39, 0.29) is 5.91 Å². The van der Waals surface area contributed by atoms with Gasteiger partial charge < -0.3 is 10.1 Å². The molecule has 1 N–H and O–H groups in total. The largest absolute Gasteiger partial charge is 0.495 e. The van der Waals surface area contributed by atoms with E-state index in [9.17, 15) is 4.79 Å². The molecule has 0 aliphatic carbocycles. The van der Waals surface area contributed by atoms with Crippen molar-refractivity contribution in [2.75, 3.05) is 32.1 Å². The van der Waals surface area contributed by atoms with Gasteiger partial charge in [-0.05, 0) is 43.5 Å². The van der Waals surface area contributed by atoms with Crippen molar-refractivity contribution in [3.63, 3.8) is 0 Å². The summed E-state index contributed by atoms with van der Waals surface area (Å²) >= 11 is 5.95. The summed E-state index contributed by atoms with van der Waals surface area (Å²) in [5.74, 6) is 1.26. The number of hydrogen-bond donors (Lipinski definition) is 1. The number of carbonyl (C=O) groups excluding carboxylic acids is 1. The molecule has 1 fully saturated rings. The van der Waals surface area contributed by atoms with E-state index in [1.54, 1.807) is 25.3 Å². The van der Waals surface area contributed by atoms with Crippen LogP contribution in [0, 0.1) is 5.92 Å². The Morgan fingerprint density at radius 3 is 3.05 bits per heavy atom. The van der Waals surface area contributed by atoms with Crippen molar-refractivity contribution in [3.8, 4) is 5.75 Å². The minimum absolute atomic E-state index is 0.0281. The van der Waals surface area contributed by atoms with Gasteiger partial charge in [-0.25, -0.2) is 0 Å². The third-order valence-corrected chi connectivity index (χ3v) is 3.78. The number of benzene rings is 1. The number of hydrogen-bond acceptors (Lipinski definition) is 3. The van der Waals surface area contributed by atoms with Crippen LogP contribution in [-0.4, -0.2) is 37.6 Å². The Bertz CT molecular complexity index is 479. The van der Waals surface area contributed by atoms with Crippen LogP contribution in [0.2, 0.25) is 5.02 Å². The van der Waals surface area contributed by atoms with Gasteiger partial charge >= 0.3 is 0 Å². The maximum absolute atomic E-state index is 12.1. The number of amides is 1. The van der Waals surface area contributed by atoms with Crippen LogP contribution in [0.5, 0.6) is 5.75 Å². The zero-order valence-corrected chi connectivity index (χ0v) is 12.7. The van der Waals surface area contributed by atoms with Crippen LogP contribution in [-0.2, 0) is 4.79 Å². The van der Waals surface area contributed by atoms with Gasteiger partial charge in [0.05, 0.1) is 19.3 Å². The number of rotatable bonds is 4. The molecule has 4 nitrogen and oxygen atoms in total. The van der Waals surface area contributed by atoms with Gasteiger partial charge in [-0.3, -0.25) is 9.69 Å². The zero-order chi connectivity index (χ0) is 14.5. The molecular formula is C15H21ClN2O2. The van der Waals surface area contributed by atoms with Gasteiger partial charge in [-0.15, -0.1) is 0 Å². The topological polar surface area (TPSA) is 41.6 Å². The Balaban J connectivity index is 1.95. The van der Waals surface area contributed by atoms with Crippen molar-refractivity contribution in [2.24, 2.45) is 5.92 Å². The molecule has 0 aromatic heterocycles. The Hall–Kier alpha value is -1.26. The number of nitrogens with zero attached hydrogens (tertiary/aromatic N) is 1. The average molecular weight is 297 g/mol. The Morgan fingerprint density at radius 2 is 2.35 bits per heavy atom. The second-order valence-electron chi connectivity index (χ2n) is 5.38. The summed E-state index contributed by atoms with van der Waals surface area (Å²) in [4.78, 5) is 14.3. The highest BCUT2D eigenvalue weighted by Gasteiger charge is 2.19. The molecule has 0 spiro atoms. The minimum atomic E-state index is -0.0281. The third kappa shape index (κ3) is 4.12. The fourth-order valence-electron chi connectivity index (χ4n) is 2.60. The normalized spacial score (nSPS) is 19.6. The first-order valence-corrected chi connectivity index (χ1v) is 7.32. The first-order chi connectivity index (χ1) is 9.58. The van der Waals surface area contributed by atoms with Crippen molar-refractivity contribution < 1.29 is 9.53 Å². The number of anilines is 1. The predicted octanol–water partition coefficient (Wildman–Crippen LogP) is 3.02. The standard InChI is InChI=1S/C15H21ClN2O2/c1-11-4-3-7-18(9-11)10-15(19)17-13-8-12(16)5-6-14(13)20-2/h5-6,8,11H,3-4,7,9-10H2,1-2H3,(H,17,19)/t11-/m0/s1. The van der Waals surface area contributed by atoms with Gasteiger partial charge in [0.2, 0.25) is 5.91 Å². The van der Waals surface area contributed by atoms with Gasteiger partial charge in [0.1, 0.15) is 5.75 Å². The molecule has 1 aliphatic rings. The van der Waals surface area contributed by atoms with Crippen LogP contribution >= 0.6 is 11.6 Å². The number of methoxy groups -OCH3 is 1. The molecule has 1 atom stereocenters. The number of piperidine rings is 1. The molecule has 0 radical (unpaired) electrons. The first kappa shape index (κ1) is 15.1. The summed E-state index contributed by atoms with van der Waals surface area (Å²) in [7, 11) is 1.57. The molecule has 1 aromatic carbocycles. The van der Waals surface area contributed by atoms with E-state index >= 15 is 0 Å². The maximum Gasteiger partial charge on any atom is 0.238 e. The van der Waals surface area contributed by atoms with E-state index in [4.69, 9.17) is 16.3 Å². The molecular weight excluding hydrogens is 276 g/mol. The van der Waals surface area contributed by atoms with E-state index in [1.165, 1.54) is 6.42 Å². The van der Waals surface area contributed by atoms with Crippen LogP contribution in [0.3, 0.4) is 0 Å². The number of halogens is 1. The lowest BCUT2D eigenvalue weighted by atomic mass is 10.0. The van der Waals surface area contributed by atoms with E-state index in [2.05, 4.69) is 17.1 Å². The van der Waals surface area contributed by atoms with Gasteiger partial charge in [-0.2, -0.15) is 0 Å². The van der Waals surface area contributed by atoms with Crippen LogP contribution < -0.4 is 10.1 Å². The molecule has 0 saturated carbocycles. The average Bonchev–Trinajstić information content (AvgIpc) is 2.38. The smallest absolute Gasteiger partial charge is 0.238 e. The Kier molecular flexibility index (Phi) is 5.26. The van der Waals surface area contributed by atoms with Crippen molar-refractivity contribution in [1.82, 2.24) is 4.90 Å². The summed E-state index contributed by atoms with van der Waals surface area (Å²) in [6.45, 7) is 4.62. The lowest BCUT2D eigenvalue weighted by Crippen LogP contribution is -2.39. The second kappa shape index (κ2) is 6.95. The fraction of sp³-hybridized carbons (Fsp3) is 0.533. The molecule has 1 heterocycles. The number of likely N-dealkylation sites (tertiary alicyclic amines) is 1. The first-order valence-electron chi connectivity index (χ1n) is 6.94. The lowest BCUT2D eigenvalue weighted by molar-refractivity contribution is -0.117. The zero-order valence-electron chi connectivity index (χ0n) is 12.0. The highest BCUT2D eigenvalue weighted by Crippen LogP contribution is 2.27. The predicted molar refractivity (Wildman–Crippen MR) is 81.5 cm³/mol. The van der Waals surface area contributed by atoms with Crippen LogP contribution in [0.25, 0.3) is 0 Å². The molecule has 5 heteroatoms. The number of ether oxygens (including phenoxy) is 1. The molecule has 20 heavy (non-hydrogen) atoms. The molecule has 110 valence electrons. The molecule has 1 aromatic rings. The van der Waals surface area contributed by atoms with Crippen LogP contribution in [0.1, 0.15) is 19.8 Å². The highest BCUT2D eigenvalue weighted by molar-refractivity contribution is 6.31. The van der Waals surface area contributed by atoms with E-state index in [0.29, 0.717) is 28.9 Å². The van der Waals surface area contributed by atoms with Gasteiger partial charge in [-0.1, -0.05) is 18.5 Å². The summed E-state index contributed by atoms with van der Waals surface area (Å²) in [6, 6.07) is 5.19. The molecule has 0 bridgehead atoms. The maximum atomic E-state index is 12.1. The summed E-state index contributed by atoms with van der Waals surface area (Å²) < 4.78 is 5.22. The van der Waals surface area contributed by atoms with Crippen molar-refractivity contribution in [1.29, 1.82) is 0 Å². The monoisotopic (exact) mass is 296 g/mol. The molecule has 2 rings (SSSR count). The number of carbonyl (C=O) groups is 1. The lowest BCUT2D eigenvalue weighted by Gasteiger charge is -2.30. The van der Waals surface area contributed by atoms with Gasteiger partial charge in [0.25, 0.3) is 0 Å². The Labute approximate surface area is 125 Å². The molecule has 0 unspecified atom stereocenters. The van der Waals surface area contributed by atoms with Crippen molar-refractivity contribution in [3.05, 3.63) is 23.2 Å². The van der Waals surface area contributed by atoms with Gasteiger partial charge in [0.15, 0.2) is 0 Å².